The van der Waals surface area contributed by atoms with Gasteiger partial charge in [-0.05, 0) is 0 Å². The minimum Gasteiger partial charge on any atom is -0.336 e. The molecule has 0 aliphatic carbocycles. The first kappa shape index (κ1) is 7.17. The Kier molecular flexibility index (Phi) is 1.46. The summed E-state index contributed by atoms with van der Waals surface area (Å²) >= 11 is 0. The largest absolute Gasteiger partial charge is 0.410 e. The molecule has 58 valence electrons. The van der Waals surface area contributed by atoms with E-state index in [1.807, 2.05) is 5.32 Å². The summed E-state index contributed by atoms with van der Waals surface area (Å²) in [5.74, 6) is 0. The average molecular weight is 154 g/mol. The average Bonchev–Trinajstić information content (AvgIpc) is 2.11. The van der Waals surface area contributed by atoms with Crippen molar-refractivity contribution < 1.29 is 18.0 Å². The molecular formula is C4H5F3N2O. The van der Waals surface area contributed by atoms with Crippen LogP contribution < -0.4 is 10.6 Å². The summed E-state index contributed by atoms with van der Waals surface area (Å²) in [6.07, 6.45) is -4.33. The molecule has 0 aromatic rings. The van der Waals surface area contributed by atoms with Gasteiger partial charge in [-0.2, -0.15) is 13.2 Å². The SMILES string of the molecule is O=C1NC[C@H](C(F)(F)F)N1. The molecule has 1 rings (SSSR count). The third-order valence-corrected chi connectivity index (χ3v) is 1.17. The maximum Gasteiger partial charge on any atom is 0.410 e. The zero-order valence-corrected chi connectivity index (χ0v) is 4.83. The van der Waals surface area contributed by atoms with Crippen LogP contribution in [0.15, 0.2) is 0 Å². The fraction of sp³-hybridized carbons (Fsp3) is 0.750. The summed E-state index contributed by atoms with van der Waals surface area (Å²) in [6, 6.07) is -2.48. The predicted octanol–water partition coefficient (Wildman–Crippen LogP) is 0.230. The molecule has 1 aliphatic heterocycles. The molecule has 2 N–H and O–H groups in total. The van der Waals surface area contributed by atoms with Gasteiger partial charge in [0, 0.05) is 6.54 Å². The van der Waals surface area contributed by atoms with Crippen molar-refractivity contribution in [1.82, 2.24) is 10.6 Å². The minimum absolute atomic E-state index is 0.373. The summed E-state index contributed by atoms with van der Waals surface area (Å²) < 4.78 is 35.0. The first-order chi connectivity index (χ1) is 4.50. The lowest BCUT2D eigenvalue weighted by molar-refractivity contribution is -0.148. The number of carbonyl (C=O) groups excluding carboxylic acids is 1. The lowest BCUT2D eigenvalue weighted by Gasteiger charge is -2.11. The number of halogens is 3. The number of hydrogen-bond donors (Lipinski definition) is 2. The van der Waals surface area contributed by atoms with Gasteiger partial charge >= 0.3 is 12.2 Å². The van der Waals surface area contributed by atoms with Crippen molar-refractivity contribution in [3.8, 4) is 0 Å². The Bertz CT molecular complexity index is 155. The Balaban J connectivity index is 2.53. The zero-order chi connectivity index (χ0) is 7.78. The van der Waals surface area contributed by atoms with Gasteiger partial charge in [-0.15, -0.1) is 0 Å². The molecule has 0 bridgehead atoms. The molecule has 6 heteroatoms. The molecule has 0 saturated carbocycles. The number of urea groups is 1. The van der Waals surface area contributed by atoms with E-state index in [9.17, 15) is 18.0 Å². The monoisotopic (exact) mass is 154 g/mol. The third-order valence-electron chi connectivity index (χ3n) is 1.17. The van der Waals surface area contributed by atoms with E-state index in [-0.39, 0.29) is 6.54 Å². The molecule has 0 aromatic heterocycles. The number of rotatable bonds is 0. The number of amides is 2. The first-order valence-electron chi connectivity index (χ1n) is 2.61. The van der Waals surface area contributed by atoms with Gasteiger partial charge in [-0.1, -0.05) is 0 Å². The van der Waals surface area contributed by atoms with Crippen LogP contribution in [0.2, 0.25) is 0 Å². The Hall–Kier alpha value is -0.940. The van der Waals surface area contributed by atoms with Crippen molar-refractivity contribution >= 4 is 6.03 Å². The zero-order valence-electron chi connectivity index (χ0n) is 4.83. The second kappa shape index (κ2) is 2.03. The van der Waals surface area contributed by atoms with Crippen LogP contribution in [0, 0.1) is 0 Å². The highest BCUT2D eigenvalue weighted by Crippen LogP contribution is 2.20. The highest BCUT2D eigenvalue weighted by atomic mass is 19.4. The third kappa shape index (κ3) is 1.31. The van der Waals surface area contributed by atoms with E-state index in [2.05, 4.69) is 0 Å². The van der Waals surface area contributed by atoms with E-state index in [4.69, 9.17) is 0 Å². The van der Waals surface area contributed by atoms with Crippen LogP contribution in [0.1, 0.15) is 0 Å². The van der Waals surface area contributed by atoms with Crippen molar-refractivity contribution in [2.45, 2.75) is 12.2 Å². The van der Waals surface area contributed by atoms with Gasteiger partial charge in [0.25, 0.3) is 0 Å². The maximum absolute atomic E-state index is 11.7. The lowest BCUT2D eigenvalue weighted by atomic mass is 10.3. The summed E-state index contributed by atoms with van der Waals surface area (Å²) in [4.78, 5) is 10.2. The molecular weight excluding hydrogens is 149 g/mol. The van der Waals surface area contributed by atoms with Crippen LogP contribution in [0.25, 0.3) is 0 Å². The van der Waals surface area contributed by atoms with E-state index in [0.29, 0.717) is 0 Å². The van der Waals surface area contributed by atoms with Crippen molar-refractivity contribution in [3.63, 3.8) is 0 Å². The molecule has 1 aliphatic rings. The summed E-state index contributed by atoms with van der Waals surface area (Å²) in [6.45, 7) is -0.373. The molecule has 0 radical (unpaired) electrons. The molecule has 1 atom stereocenters. The lowest BCUT2D eigenvalue weighted by Crippen LogP contribution is -2.40. The van der Waals surface area contributed by atoms with E-state index in [1.165, 1.54) is 0 Å². The Labute approximate surface area is 54.6 Å². The second-order valence-corrected chi connectivity index (χ2v) is 1.95. The molecule has 2 amide bonds. The molecule has 10 heavy (non-hydrogen) atoms. The van der Waals surface area contributed by atoms with Crippen molar-refractivity contribution in [3.05, 3.63) is 0 Å². The normalized spacial score (nSPS) is 25.9. The van der Waals surface area contributed by atoms with Gasteiger partial charge < -0.3 is 10.6 Å². The topological polar surface area (TPSA) is 41.1 Å². The van der Waals surface area contributed by atoms with E-state index < -0.39 is 18.2 Å². The van der Waals surface area contributed by atoms with Crippen LogP contribution >= 0.6 is 0 Å². The van der Waals surface area contributed by atoms with Crippen LogP contribution in [-0.4, -0.2) is 24.8 Å². The van der Waals surface area contributed by atoms with Crippen LogP contribution in [-0.2, 0) is 0 Å². The smallest absolute Gasteiger partial charge is 0.336 e. The van der Waals surface area contributed by atoms with Crippen molar-refractivity contribution in [2.75, 3.05) is 6.54 Å². The molecule has 1 heterocycles. The molecule has 3 nitrogen and oxygen atoms in total. The molecule has 1 saturated heterocycles. The van der Waals surface area contributed by atoms with Gasteiger partial charge in [-0.3, -0.25) is 0 Å². The summed E-state index contributed by atoms with van der Waals surface area (Å²) in [5, 5.41) is 3.72. The quantitative estimate of drug-likeness (QED) is 0.515. The molecule has 0 unspecified atom stereocenters. The highest BCUT2D eigenvalue weighted by Gasteiger charge is 2.43. The Morgan fingerprint density at radius 1 is 1.50 bits per heavy atom. The van der Waals surface area contributed by atoms with Crippen LogP contribution in [0.3, 0.4) is 0 Å². The van der Waals surface area contributed by atoms with Crippen LogP contribution in [0.4, 0.5) is 18.0 Å². The number of alkyl halides is 3. The van der Waals surface area contributed by atoms with Crippen LogP contribution in [0.5, 0.6) is 0 Å². The van der Waals surface area contributed by atoms with Gasteiger partial charge in [-0.25, -0.2) is 4.79 Å². The van der Waals surface area contributed by atoms with Gasteiger partial charge in [0.15, 0.2) is 0 Å². The number of hydrogen-bond acceptors (Lipinski definition) is 1. The fourth-order valence-electron chi connectivity index (χ4n) is 0.653. The van der Waals surface area contributed by atoms with Gasteiger partial charge in [0.1, 0.15) is 6.04 Å². The predicted molar refractivity (Wildman–Crippen MR) is 26.4 cm³/mol. The first-order valence-corrected chi connectivity index (χ1v) is 2.61. The standard InChI is InChI=1S/C4H5F3N2O/c5-4(6,7)2-1-8-3(10)9-2/h2H,1H2,(H2,8,9,10)/t2-/m1/s1. The van der Waals surface area contributed by atoms with E-state index in [0.717, 1.165) is 0 Å². The Morgan fingerprint density at radius 2 is 2.10 bits per heavy atom. The van der Waals surface area contributed by atoms with Crippen molar-refractivity contribution in [1.29, 1.82) is 0 Å². The molecule has 1 fully saturated rings. The maximum atomic E-state index is 11.7. The second-order valence-electron chi connectivity index (χ2n) is 1.95. The number of carbonyl (C=O) groups is 1. The minimum atomic E-state index is -4.33. The van der Waals surface area contributed by atoms with Crippen molar-refractivity contribution in [2.24, 2.45) is 0 Å². The van der Waals surface area contributed by atoms with E-state index >= 15 is 0 Å². The van der Waals surface area contributed by atoms with Gasteiger partial charge in [0.05, 0.1) is 0 Å². The summed E-state index contributed by atoms with van der Waals surface area (Å²) in [7, 11) is 0. The number of nitrogens with one attached hydrogen (secondary N) is 2. The molecule has 0 aromatic carbocycles. The fourth-order valence-corrected chi connectivity index (χ4v) is 0.653. The Morgan fingerprint density at radius 3 is 2.30 bits per heavy atom. The summed E-state index contributed by atoms with van der Waals surface area (Å²) in [5.41, 5.74) is 0. The van der Waals surface area contributed by atoms with Gasteiger partial charge in [0.2, 0.25) is 0 Å². The molecule has 0 spiro atoms. The highest BCUT2D eigenvalue weighted by molar-refractivity contribution is 5.76. The van der Waals surface area contributed by atoms with E-state index in [1.54, 1.807) is 5.32 Å².